The Hall–Kier alpha value is -2.50. The van der Waals surface area contributed by atoms with Gasteiger partial charge in [-0.05, 0) is 30.5 Å². The lowest BCUT2D eigenvalue weighted by molar-refractivity contribution is -0.131. The van der Waals surface area contributed by atoms with Crippen LogP contribution in [0.4, 0.5) is 5.69 Å². The summed E-state index contributed by atoms with van der Waals surface area (Å²) in [6, 6.07) is 6.08. The Kier molecular flexibility index (Phi) is 6.23. The van der Waals surface area contributed by atoms with E-state index in [4.69, 9.17) is 5.11 Å². The van der Waals surface area contributed by atoms with Crippen LogP contribution in [0.2, 0.25) is 0 Å². The van der Waals surface area contributed by atoms with E-state index in [0.29, 0.717) is 38.9 Å². The van der Waals surface area contributed by atoms with Crippen LogP contribution in [0.1, 0.15) is 30.9 Å². The van der Waals surface area contributed by atoms with E-state index in [-0.39, 0.29) is 24.1 Å². The molecule has 0 unspecified atom stereocenters. The highest BCUT2D eigenvalue weighted by molar-refractivity contribution is 5.78. The van der Waals surface area contributed by atoms with Gasteiger partial charge < -0.3 is 20.6 Å². The third-order valence-electron chi connectivity index (χ3n) is 4.05. The lowest BCUT2D eigenvalue weighted by atomic mass is 10.0. The Balaban J connectivity index is 2.02. The molecule has 2 rings (SSSR count). The molecule has 0 atom stereocenters. The highest BCUT2D eigenvalue weighted by atomic mass is 16.3. The molecule has 0 spiro atoms. The predicted molar refractivity (Wildman–Crippen MR) is 93.7 cm³/mol. The van der Waals surface area contributed by atoms with Crippen molar-refractivity contribution in [2.75, 3.05) is 25.0 Å². The fourth-order valence-corrected chi connectivity index (χ4v) is 2.70. The van der Waals surface area contributed by atoms with E-state index in [1.165, 1.54) is 0 Å². The first kappa shape index (κ1) is 17.8. The molecule has 0 aromatic heterocycles. The van der Waals surface area contributed by atoms with Crippen molar-refractivity contribution in [1.82, 2.24) is 10.2 Å². The summed E-state index contributed by atoms with van der Waals surface area (Å²) in [6.45, 7) is 7.31. The first-order valence-corrected chi connectivity index (χ1v) is 8.26. The second-order valence-corrected chi connectivity index (χ2v) is 5.92. The van der Waals surface area contributed by atoms with E-state index in [2.05, 4.69) is 23.3 Å². The molecule has 6 heteroatoms. The number of rotatable bonds is 6. The summed E-state index contributed by atoms with van der Waals surface area (Å²) in [5, 5.41) is 14.9. The molecule has 3 N–H and O–H groups in total. The minimum absolute atomic E-state index is 0.0557. The fourth-order valence-electron chi connectivity index (χ4n) is 2.70. The van der Waals surface area contributed by atoms with Crippen LogP contribution in [0.15, 0.2) is 30.5 Å². The molecule has 1 heterocycles. The first-order chi connectivity index (χ1) is 11.5. The number of aryl methyl sites for hydroxylation is 1. The number of anilines is 1. The summed E-state index contributed by atoms with van der Waals surface area (Å²) in [6.07, 6.45) is 1.46. The molecule has 24 heavy (non-hydrogen) atoms. The van der Waals surface area contributed by atoms with Gasteiger partial charge in [-0.25, -0.2) is 0 Å². The molecular weight excluding hydrogens is 306 g/mol. The summed E-state index contributed by atoms with van der Waals surface area (Å²) in [5.74, 6) is -0.0232. The Morgan fingerprint density at radius 1 is 1.46 bits per heavy atom. The van der Waals surface area contributed by atoms with Gasteiger partial charge in [0.2, 0.25) is 11.8 Å². The summed E-state index contributed by atoms with van der Waals surface area (Å²) in [4.78, 5) is 25.6. The maximum Gasteiger partial charge on any atom is 0.224 e. The Bertz CT molecular complexity index is 628. The molecule has 2 amide bonds. The second kappa shape index (κ2) is 8.38. The third-order valence-corrected chi connectivity index (χ3v) is 4.05. The highest BCUT2D eigenvalue weighted by Gasteiger charge is 2.17. The van der Waals surface area contributed by atoms with Crippen LogP contribution in [0.25, 0.3) is 0 Å². The minimum atomic E-state index is -0.125. The van der Waals surface area contributed by atoms with Gasteiger partial charge in [0.25, 0.3) is 0 Å². The number of fused-ring (bicyclic) bond motifs is 1. The van der Waals surface area contributed by atoms with Gasteiger partial charge in [0.05, 0.1) is 6.54 Å². The maximum absolute atomic E-state index is 12.0. The third kappa shape index (κ3) is 5.01. The van der Waals surface area contributed by atoms with Gasteiger partial charge >= 0.3 is 0 Å². The van der Waals surface area contributed by atoms with E-state index in [9.17, 15) is 9.59 Å². The van der Waals surface area contributed by atoms with Gasteiger partial charge in [0, 0.05) is 38.2 Å². The van der Waals surface area contributed by atoms with Crippen LogP contribution in [0, 0.1) is 0 Å². The standard InChI is InChI=1S/C18H25N3O3/c1-3-21-12-15-10-14(5-7-17(23)20-11-13(2)22)4-6-16(15)19-9-8-18(21)24/h4,6,10,19,22H,2-3,5,7-9,11-12H2,1H3,(H,20,23). The van der Waals surface area contributed by atoms with E-state index < -0.39 is 0 Å². The maximum atomic E-state index is 12.0. The average Bonchev–Trinajstić information content (AvgIpc) is 2.55. The Morgan fingerprint density at radius 2 is 2.25 bits per heavy atom. The van der Waals surface area contributed by atoms with Crippen LogP contribution < -0.4 is 10.6 Å². The second-order valence-electron chi connectivity index (χ2n) is 5.92. The van der Waals surface area contributed by atoms with Crippen LogP contribution >= 0.6 is 0 Å². The number of carbonyl (C=O) groups excluding carboxylic acids is 2. The SMILES string of the molecule is C=C(O)CNC(=O)CCc1ccc2c(c1)CN(CC)C(=O)CCN2. The van der Waals surface area contributed by atoms with Crippen molar-refractivity contribution in [2.45, 2.75) is 32.7 Å². The first-order valence-electron chi connectivity index (χ1n) is 8.26. The van der Waals surface area contributed by atoms with Crippen LogP contribution in [0.5, 0.6) is 0 Å². The zero-order chi connectivity index (χ0) is 17.5. The lowest BCUT2D eigenvalue weighted by Gasteiger charge is -2.26. The van der Waals surface area contributed by atoms with Crippen molar-refractivity contribution in [3.05, 3.63) is 41.7 Å². The number of aliphatic hydroxyl groups excluding tert-OH is 1. The van der Waals surface area contributed by atoms with Gasteiger partial charge in [0.1, 0.15) is 5.76 Å². The van der Waals surface area contributed by atoms with Crippen molar-refractivity contribution in [3.8, 4) is 0 Å². The van der Waals surface area contributed by atoms with Crippen molar-refractivity contribution in [3.63, 3.8) is 0 Å². The molecule has 0 aliphatic carbocycles. The number of hydrogen-bond donors (Lipinski definition) is 3. The molecule has 0 radical (unpaired) electrons. The van der Waals surface area contributed by atoms with Crippen LogP contribution in [-0.4, -0.2) is 41.5 Å². The van der Waals surface area contributed by atoms with E-state index >= 15 is 0 Å². The molecule has 1 aliphatic heterocycles. The number of carbonyl (C=O) groups is 2. The summed E-state index contributed by atoms with van der Waals surface area (Å²) in [7, 11) is 0. The van der Waals surface area contributed by atoms with Gasteiger partial charge in [-0.1, -0.05) is 18.7 Å². The van der Waals surface area contributed by atoms with Crippen molar-refractivity contribution >= 4 is 17.5 Å². The van der Waals surface area contributed by atoms with Gasteiger partial charge in [0.15, 0.2) is 0 Å². The zero-order valence-corrected chi connectivity index (χ0v) is 14.1. The minimum Gasteiger partial charge on any atom is -0.511 e. The fraction of sp³-hybridized carbons (Fsp3) is 0.444. The molecule has 1 aromatic rings. The Labute approximate surface area is 142 Å². The molecule has 1 aliphatic rings. The predicted octanol–water partition coefficient (Wildman–Crippen LogP) is 1.97. The summed E-state index contributed by atoms with van der Waals surface area (Å²) < 4.78 is 0. The van der Waals surface area contributed by atoms with E-state index in [1.54, 1.807) is 0 Å². The van der Waals surface area contributed by atoms with E-state index in [1.807, 2.05) is 24.0 Å². The van der Waals surface area contributed by atoms with Crippen LogP contribution in [-0.2, 0) is 22.6 Å². The topological polar surface area (TPSA) is 81.7 Å². The van der Waals surface area contributed by atoms with Gasteiger partial charge in [-0.3, -0.25) is 9.59 Å². The number of amides is 2. The molecule has 0 saturated carbocycles. The molecule has 0 saturated heterocycles. The van der Waals surface area contributed by atoms with Crippen molar-refractivity contribution in [1.29, 1.82) is 0 Å². The Morgan fingerprint density at radius 3 is 2.96 bits per heavy atom. The molecule has 6 nitrogen and oxygen atoms in total. The largest absolute Gasteiger partial charge is 0.511 e. The molecule has 1 aromatic carbocycles. The number of hydrogen-bond acceptors (Lipinski definition) is 4. The lowest BCUT2D eigenvalue weighted by Crippen LogP contribution is -2.33. The number of nitrogens with one attached hydrogen (secondary N) is 2. The van der Waals surface area contributed by atoms with Crippen molar-refractivity contribution < 1.29 is 14.7 Å². The highest BCUT2D eigenvalue weighted by Crippen LogP contribution is 2.22. The smallest absolute Gasteiger partial charge is 0.224 e. The van der Waals surface area contributed by atoms with Gasteiger partial charge in [-0.2, -0.15) is 0 Å². The quantitative estimate of drug-likeness (QED) is 0.696. The van der Waals surface area contributed by atoms with Gasteiger partial charge in [-0.15, -0.1) is 0 Å². The normalized spacial score (nSPS) is 14.2. The average molecular weight is 331 g/mol. The summed E-state index contributed by atoms with van der Waals surface area (Å²) >= 11 is 0. The number of aliphatic hydroxyl groups is 1. The van der Waals surface area contributed by atoms with Crippen molar-refractivity contribution in [2.24, 2.45) is 0 Å². The number of nitrogens with zero attached hydrogens (tertiary/aromatic N) is 1. The molecule has 130 valence electrons. The van der Waals surface area contributed by atoms with E-state index in [0.717, 1.165) is 16.8 Å². The number of benzene rings is 1. The van der Waals surface area contributed by atoms with Crippen LogP contribution in [0.3, 0.4) is 0 Å². The molecule has 0 bridgehead atoms. The summed E-state index contributed by atoms with van der Waals surface area (Å²) in [5.41, 5.74) is 3.18. The zero-order valence-electron chi connectivity index (χ0n) is 14.1. The monoisotopic (exact) mass is 331 g/mol. The molecule has 0 fully saturated rings. The molecular formula is C18H25N3O3.